The minimum Gasteiger partial charge on any atom is -0.497 e. The number of rotatable bonds is 20. The van der Waals surface area contributed by atoms with Crippen LogP contribution >= 0.6 is 0 Å². The first-order valence-corrected chi connectivity index (χ1v) is 15.1. The Kier molecular flexibility index (Phi) is 13.8. The minimum atomic E-state index is -0.0847. The zero-order chi connectivity index (χ0) is 26.8. The zero-order valence-electron chi connectivity index (χ0n) is 23.9. The van der Waals surface area contributed by atoms with E-state index in [0.29, 0.717) is 24.3 Å². The molecular weight excluding hydrogens is 470 g/mol. The molecule has 0 aliphatic carbocycles. The lowest BCUT2D eigenvalue weighted by atomic mass is 10.0. The van der Waals surface area contributed by atoms with Crippen LogP contribution in [0.25, 0.3) is 11.0 Å². The molecule has 2 aromatic carbocycles. The summed E-state index contributed by atoms with van der Waals surface area (Å²) in [6.07, 6.45) is 19.9. The van der Waals surface area contributed by atoms with Gasteiger partial charge >= 0.3 is 0 Å². The summed E-state index contributed by atoms with van der Waals surface area (Å²) in [5.41, 5.74) is 2.84. The number of imidazole rings is 1. The van der Waals surface area contributed by atoms with Gasteiger partial charge in [0.2, 0.25) is 0 Å². The molecule has 0 spiro atoms. The summed E-state index contributed by atoms with van der Waals surface area (Å²) >= 11 is 0. The Morgan fingerprint density at radius 1 is 0.816 bits per heavy atom. The first kappa shape index (κ1) is 29.7. The molecule has 0 aliphatic rings. The fraction of sp³-hybridized carbons (Fsp3) is 0.576. The van der Waals surface area contributed by atoms with Gasteiger partial charge in [0.25, 0.3) is 5.91 Å². The van der Waals surface area contributed by atoms with Crippen molar-refractivity contribution in [2.24, 2.45) is 0 Å². The summed E-state index contributed by atoms with van der Waals surface area (Å²) in [5.74, 6) is 1.65. The number of aromatic nitrogens is 2. The minimum absolute atomic E-state index is 0.0847. The number of benzene rings is 2. The molecule has 38 heavy (non-hydrogen) atoms. The van der Waals surface area contributed by atoms with Crippen LogP contribution in [0.2, 0.25) is 0 Å². The van der Waals surface area contributed by atoms with Gasteiger partial charge in [0.05, 0.1) is 18.1 Å². The standard InChI is InChI=1S/C33H49N3O2/c1-3-4-5-6-7-8-9-10-11-12-13-14-15-18-26-36-31-23-17-16-22-30(31)35-32(36)24-25-34-33(37)28-20-19-21-29(27-28)38-2/h16-17,19-23,27H,3-15,18,24-26H2,1-2H3,(H,34,37). The number of methoxy groups -OCH3 is 1. The van der Waals surface area contributed by atoms with E-state index in [9.17, 15) is 4.79 Å². The van der Waals surface area contributed by atoms with Gasteiger partial charge in [-0.2, -0.15) is 0 Å². The van der Waals surface area contributed by atoms with Gasteiger partial charge in [-0.25, -0.2) is 4.98 Å². The van der Waals surface area contributed by atoms with Gasteiger partial charge in [-0.1, -0.05) is 109 Å². The highest BCUT2D eigenvalue weighted by atomic mass is 16.5. The molecule has 5 nitrogen and oxygen atoms in total. The molecule has 1 aromatic heterocycles. The molecule has 3 rings (SSSR count). The monoisotopic (exact) mass is 519 g/mol. The van der Waals surface area contributed by atoms with Gasteiger partial charge in [-0.15, -0.1) is 0 Å². The first-order chi connectivity index (χ1) is 18.7. The second kappa shape index (κ2) is 17.6. The predicted molar refractivity (Wildman–Crippen MR) is 159 cm³/mol. The van der Waals surface area contributed by atoms with E-state index < -0.39 is 0 Å². The fourth-order valence-electron chi connectivity index (χ4n) is 5.18. The van der Waals surface area contributed by atoms with Crippen LogP contribution in [0.15, 0.2) is 48.5 Å². The van der Waals surface area contributed by atoms with E-state index in [0.717, 1.165) is 17.9 Å². The molecule has 3 aromatic rings. The predicted octanol–water partition coefficient (Wildman–Crippen LogP) is 8.50. The van der Waals surface area contributed by atoms with E-state index in [1.807, 2.05) is 24.3 Å². The van der Waals surface area contributed by atoms with Crippen LogP contribution in [-0.4, -0.2) is 29.1 Å². The van der Waals surface area contributed by atoms with Crippen LogP contribution in [0.1, 0.15) is 113 Å². The average Bonchev–Trinajstić information content (AvgIpc) is 3.30. The van der Waals surface area contributed by atoms with E-state index in [1.54, 1.807) is 13.2 Å². The molecule has 0 unspecified atom stereocenters. The Morgan fingerprint density at radius 2 is 1.45 bits per heavy atom. The highest BCUT2D eigenvalue weighted by Gasteiger charge is 2.12. The maximum absolute atomic E-state index is 12.6. The number of fused-ring (bicyclic) bond motifs is 1. The molecule has 0 saturated heterocycles. The van der Waals surface area contributed by atoms with Gasteiger partial charge in [0.15, 0.2) is 0 Å². The summed E-state index contributed by atoms with van der Waals surface area (Å²) in [4.78, 5) is 17.5. The van der Waals surface area contributed by atoms with Gasteiger partial charge in [0, 0.05) is 25.1 Å². The molecular formula is C33H49N3O2. The second-order valence-electron chi connectivity index (χ2n) is 10.5. The van der Waals surface area contributed by atoms with Crippen LogP contribution in [0, 0.1) is 0 Å². The number of nitrogens with zero attached hydrogens (tertiary/aromatic N) is 2. The van der Waals surface area contributed by atoms with Crippen molar-refractivity contribution in [1.82, 2.24) is 14.9 Å². The second-order valence-corrected chi connectivity index (χ2v) is 10.5. The van der Waals surface area contributed by atoms with Crippen molar-refractivity contribution in [1.29, 1.82) is 0 Å². The molecule has 0 atom stereocenters. The van der Waals surface area contributed by atoms with Gasteiger partial charge in [-0.3, -0.25) is 4.79 Å². The quantitative estimate of drug-likeness (QED) is 0.152. The van der Waals surface area contributed by atoms with Crippen LogP contribution in [0.5, 0.6) is 5.75 Å². The number of carbonyl (C=O) groups is 1. The third-order valence-corrected chi connectivity index (χ3v) is 7.43. The topological polar surface area (TPSA) is 56.2 Å². The van der Waals surface area contributed by atoms with E-state index in [1.165, 1.54) is 95.4 Å². The number of hydrogen-bond acceptors (Lipinski definition) is 3. The highest BCUT2D eigenvalue weighted by Crippen LogP contribution is 2.19. The number of ether oxygens (including phenoxy) is 1. The molecule has 0 radical (unpaired) electrons. The maximum Gasteiger partial charge on any atom is 0.251 e. The van der Waals surface area contributed by atoms with Crippen LogP contribution in [0.4, 0.5) is 0 Å². The van der Waals surface area contributed by atoms with Crippen molar-refractivity contribution in [3.63, 3.8) is 0 Å². The SMILES string of the molecule is CCCCCCCCCCCCCCCCn1c(CCNC(=O)c2cccc(OC)c2)nc2ccccc21. The Bertz CT molecular complexity index is 1080. The van der Waals surface area contributed by atoms with E-state index >= 15 is 0 Å². The normalized spacial score (nSPS) is 11.2. The van der Waals surface area contributed by atoms with Crippen molar-refractivity contribution in [2.75, 3.05) is 13.7 Å². The Balaban J connectivity index is 1.35. The highest BCUT2D eigenvalue weighted by molar-refractivity contribution is 5.94. The van der Waals surface area contributed by atoms with Crippen molar-refractivity contribution in [3.05, 3.63) is 59.9 Å². The number of carbonyl (C=O) groups excluding carboxylic acids is 1. The molecule has 0 bridgehead atoms. The van der Waals surface area contributed by atoms with E-state index in [4.69, 9.17) is 9.72 Å². The smallest absolute Gasteiger partial charge is 0.251 e. The fourth-order valence-corrected chi connectivity index (χ4v) is 5.18. The van der Waals surface area contributed by atoms with Crippen molar-refractivity contribution < 1.29 is 9.53 Å². The number of unbranched alkanes of at least 4 members (excludes halogenated alkanes) is 13. The summed E-state index contributed by atoms with van der Waals surface area (Å²) in [6, 6.07) is 15.6. The molecule has 1 amide bonds. The summed E-state index contributed by atoms with van der Waals surface area (Å²) in [6.45, 7) is 3.82. The molecule has 0 saturated carbocycles. The number of nitrogens with one attached hydrogen (secondary N) is 1. The molecule has 1 N–H and O–H groups in total. The van der Waals surface area contributed by atoms with Crippen LogP contribution < -0.4 is 10.1 Å². The number of para-hydroxylation sites is 2. The molecule has 0 fully saturated rings. The maximum atomic E-state index is 12.6. The summed E-state index contributed by atoms with van der Waals surface area (Å²) in [5, 5.41) is 3.04. The number of aryl methyl sites for hydroxylation is 1. The molecule has 5 heteroatoms. The summed E-state index contributed by atoms with van der Waals surface area (Å²) in [7, 11) is 1.61. The zero-order valence-corrected chi connectivity index (χ0v) is 23.9. The van der Waals surface area contributed by atoms with Crippen molar-refractivity contribution in [3.8, 4) is 5.75 Å². The number of hydrogen-bond donors (Lipinski definition) is 1. The molecule has 1 heterocycles. The number of amides is 1. The van der Waals surface area contributed by atoms with Crippen molar-refractivity contribution >= 4 is 16.9 Å². The molecule has 0 aliphatic heterocycles. The van der Waals surface area contributed by atoms with Gasteiger partial charge in [0.1, 0.15) is 11.6 Å². The summed E-state index contributed by atoms with van der Waals surface area (Å²) < 4.78 is 7.59. The largest absolute Gasteiger partial charge is 0.497 e. The van der Waals surface area contributed by atoms with Gasteiger partial charge in [-0.05, 0) is 36.8 Å². The lowest BCUT2D eigenvalue weighted by Crippen LogP contribution is -2.26. The van der Waals surface area contributed by atoms with Crippen LogP contribution in [0.3, 0.4) is 0 Å². The lowest BCUT2D eigenvalue weighted by molar-refractivity contribution is 0.0953. The van der Waals surface area contributed by atoms with E-state index in [-0.39, 0.29) is 5.91 Å². The third-order valence-electron chi connectivity index (χ3n) is 7.43. The first-order valence-electron chi connectivity index (χ1n) is 15.1. The van der Waals surface area contributed by atoms with Gasteiger partial charge < -0.3 is 14.6 Å². The average molecular weight is 520 g/mol. The Labute approximate surface area is 230 Å². The Hall–Kier alpha value is -2.82. The third kappa shape index (κ3) is 10.2. The van der Waals surface area contributed by atoms with Crippen LogP contribution in [-0.2, 0) is 13.0 Å². The van der Waals surface area contributed by atoms with Crippen molar-refractivity contribution in [2.45, 2.75) is 110 Å². The lowest BCUT2D eigenvalue weighted by Gasteiger charge is -2.10. The Morgan fingerprint density at radius 3 is 2.11 bits per heavy atom. The van der Waals surface area contributed by atoms with E-state index in [2.05, 4.69) is 35.0 Å². The molecule has 208 valence electrons.